The molecule has 6 rings (SSSR count). The molecule has 0 bridgehead atoms. The van der Waals surface area contributed by atoms with Crippen molar-refractivity contribution in [2.24, 2.45) is 5.92 Å². The Morgan fingerprint density at radius 3 is 2.59 bits per heavy atom. The van der Waals surface area contributed by atoms with Crippen LogP contribution in [-0.4, -0.2) is 90.8 Å². The van der Waals surface area contributed by atoms with Crippen molar-refractivity contribution < 1.29 is 75.8 Å². The topological polar surface area (TPSA) is 183 Å². The predicted molar refractivity (Wildman–Crippen MR) is 167 cm³/mol. The summed E-state index contributed by atoms with van der Waals surface area (Å²) >= 11 is 0. The molecule has 0 radical (unpaired) electrons. The molecule has 5 amide bonds. The summed E-state index contributed by atoms with van der Waals surface area (Å²) in [4.78, 5) is 69.5. The van der Waals surface area contributed by atoms with Gasteiger partial charge < -0.3 is 34.5 Å². The van der Waals surface area contributed by atoms with Gasteiger partial charge >= 0.3 is 41.7 Å². The Morgan fingerprint density at radius 1 is 1.10 bits per heavy atom. The van der Waals surface area contributed by atoms with Crippen molar-refractivity contribution in [1.29, 1.82) is 0 Å². The molecule has 0 unspecified atom stereocenters. The van der Waals surface area contributed by atoms with Gasteiger partial charge in [-0.3, -0.25) is 14.5 Å². The Bertz CT molecular complexity index is 1640. The first-order valence-electron chi connectivity index (χ1n) is 16.3. The van der Waals surface area contributed by atoms with E-state index >= 15 is 0 Å². The van der Waals surface area contributed by atoms with E-state index in [0.29, 0.717) is 36.8 Å². The molecule has 14 nitrogen and oxygen atoms in total. The number of alkyl carbamates (subject to hydrolysis) is 1. The number of halogens is 1. The van der Waals surface area contributed by atoms with Gasteiger partial charge in [-0.1, -0.05) is 37.1 Å². The van der Waals surface area contributed by atoms with Crippen molar-refractivity contribution in [2.75, 3.05) is 13.7 Å². The number of benzene rings is 1. The third-order valence-electron chi connectivity index (χ3n) is 9.71. The van der Waals surface area contributed by atoms with Crippen LogP contribution in [0.5, 0.6) is 0 Å². The minimum Gasteiger partial charge on any atom is -0.544 e. The van der Waals surface area contributed by atoms with Crippen LogP contribution in [0.4, 0.5) is 14.0 Å². The fourth-order valence-electron chi connectivity index (χ4n) is 6.71. The third kappa shape index (κ3) is 8.07. The number of rotatable bonds is 5. The van der Waals surface area contributed by atoms with Gasteiger partial charge in [0.25, 0.3) is 0 Å². The number of amides is 5. The van der Waals surface area contributed by atoms with Crippen molar-refractivity contribution in [1.82, 2.24) is 20.4 Å². The Kier molecular flexibility index (Phi) is 11.3. The fourth-order valence-corrected chi connectivity index (χ4v) is 7.99. The second-order valence-electron chi connectivity index (χ2n) is 13.1. The van der Waals surface area contributed by atoms with Gasteiger partial charge in [-0.2, -0.15) is 0 Å². The molecule has 1 saturated heterocycles. The molecule has 2 saturated carbocycles. The maximum atomic E-state index is 14.3. The van der Waals surface area contributed by atoms with Gasteiger partial charge in [0.05, 0.1) is 41.7 Å². The summed E-state index contributed by atoms with van der Waals surface area (Å²) in [5, 5.41) is 4.57. The van der Waals surface area contributed by atoms with E-state index in [9.17, 15) is 36.8 Å². The molecule has 5 atom stereocenters. The first-order valence-corrected chi connectivity index (χ1v) is 17.8. The first-order chi connectivity index (χ1) is 22.9. The summed E-state index contributed by atoms with van der Waals surface area (Å²) in [7, 11) is -2.87. The van der Waals surface area contributed by atoms with Gasteiger partial charge in [0, 0.05) is 29.7 Å². The molecule has 0 aromatic heterocycles. The maximum Gasteiger partial charge on any atom is 1.00 e. The van der Waals surface area contributed by atoms with E-state index in [4.69, 9.17) is 9.47 Å². The molecular formula is C32H39FN5NaO9S. The molecule has 0 spiro atoms. The number of methoxy groups -OCH3 is 1. The van der Waals surface area contributed by atoms with Crippen molar-refractivity contribution in [3.8, 4) is 0 Å². The smallest absolute Gasteiger partial charge is 0.544 e. The number of carbonyl (C=O) groups is 5. The quantitative estimate of drug-likeness (QED) is 0.308. The number of nitrogens with zero attached hydrogens (tertiary/aromatic N) is 3. The standard InChI is InChI=1S/C32H40FN5O9S.Na/c1-46-30(42)34-25-11-6-4-2-3-5-9-20-15-32(20,29(41)36-48(44,45)22-12-13-22)35-27(39)26-14-21(17-38(26)28(25)40)47-31(43)37-16-19-8-7-10-24(33)23(19)18-37;/h5,7-10,20-22,25-26H,2-4,6,11-18H2,1H3,(H3,34,35,36,39,41,42);/q;+1/p-1/b9-5-;/t20-,21+,25-,26-,32+;/m0./s1. The Balaban J connectivity index is 0.00000468. The number of carbonyl (C=O) groups excluding carboxylic acids is 5. The van der Waals surface area contributed by atoms with E-state index in [2.05, 4.69) is 15.4 Å². The van der Waals surface area contributed by atoms with Crippen LogP contribution in [0.3, 0.4) is 0 Å². The van der Waals surface area contributed by atoms with Crippen LogP contribution >= 0.6 is 0 Å². The second kappa shape index (κ2) is 15.0. The van der Waals surface area contributed by atoms with Gasteiger partial charge in [-0.25, -0.2) is 22.4 Å². The predicted octanol–water partition coefficient (Wildman–Crippen LogP) is -0.236. The van der Waals surface area contributed by atoms with Gasteiger partial charge in [-0.15, -0.1) is 0 Å². The largest absolute Gasteiger partial charge is 1.00 e. The summed E-state index contributed by atoms with van der Waals surface area (Å²) in [6, 6.07) is 2.30. The summed E-state index contributed by atoms with van der Waals surface area (Å²) in [6.07, 6.45) is 4.94. The molecule has 17 heteroatoms. The zero-order valence-electron chi connectivity index (χ0n) is 27.6. The molecule has 2 N–H and O–H groups in total. The number of nitrogens with one attached hydrogen (secondary N) is 2. The van der Waals surface area contributed by atoms with Gasteiger partial charge in [-0.05, 0) is 50.2 Å². The molecule has 5 aliphatic rings. The van der Waals surface area contributed by atoms with Crippen molar-refractivity contribution >= 4 is 39.9 Å². The number of hydrogen-bond donors (Lipinski definition) is 2. The maximum absolute atomic E-state index is 14.3. The van der Waals surface area contributed by atoms with Crippen LogP contribution in [-0.2, 0) is 47.0 Å². The zero-order valence-corrected chi connectivity index (χ0v) is 30.4. The van der Waals surface area contributed by atoms with Crippen LogP contribution in [0.25, 0.3) is 4.72 Å². The molecule has 49 heavy (non-hydrogen) atoms. The van der Waals surface area contributed by atoms with Crippen molar-refractivity contribution in [3.05, 3.63) is 52.0 Å². The van der Waals surface area contributed by atoms with Crippen LogP contribution < -0.4 is 40.2 Å². The van der Waals surface area contributed by atoms with E-state index < -0.39 is 80.6 Å². The number of allylic oxidation sites excluding steroid dienone is 1. The summed E-state index contributed by atoms with van der Waals surface area (Å²) in [6.45, 7) is -0.0664. The summed E-state index contributed by atoms with van der Waals surface area (Å²) in [5.74, 6) is -3.24. The van der Waals surface area contributed by atoms with Crippen LogP contribution in [0, 0.1) is 11.7 Å². The van der Waals surface area contributed by atoms with Gasteiger partial charge in [0.2, 0.25) is 11.8 Å². The Labute approximate surface area is 306 Å². The zero-order chi connectivity index (χ0) is 34.2. The average Bonchev–Trinajstić information content (AvgIpc) is 3.93. The molecule has 1 aromatic carbocycles. The number of hydrogen-bond acceptors (Lipinski definition) is 9. The number of ether oxygens (including phenoxy) is 2. The normalized spacial score (nSPS) is 29.0. The Hall–Kier alpha value is -3.21. The number of fused-ring (bicyclic) bond motifs is 3. The molecule has 1 aromatic rings. The fraction of sp³-hybridized carbons (Fsp3) is 0.594. The monoisotopic (exact) mass is 711 g/mol. The van der Waals surface area contributed by atoms with Crippen molar-refractivity contribution in [2.45, 2.75) is 99.9 Å². The molecule has 260 valence electrons. The van der Waals surface area contributed by atoms with E-state index in [1.807, 2.05) is 6.08 Å². The molecule has 3 heterocycles. The summed E-state index contributed by atoms with van der Waals surface area (Å²) in [5.41, 5.74) is -0.569. The van der Waals surface area contributed by atoms with Crippen molar-refractivity contribution in [3.63, 3.8) is 0 Å². The minimum absolute atomic E-state index is 0. The van der Waals surface area contributed by atoms with E-state index in [-0.39, 0.29) is 68.5 Å². The van der Waals surface area contributed by atoms with E-state index in [1.165, 1.54) is 23.0 Å². The van der Waals surface area contributed by atoms with E-state index in [1.54, 1.807) is 18.2 Å². The van der Waals surface area contributed by atoms with Crippen LogP contribution in [0.15, 0.2) is 30.4 Å². The molecular weight excluding hydrogens is 672 g/mol. The Morgan fingerprint density at radius 2 is 1.88 bits per heavy atom. The summed E-state index contributed by atoms with van der Waals surface area (Å²) < 4.78 is 53.6. The van der Waals surface area contributed by atoms with Gasteiger partial charge in [0.15, 0.2) is 0 Å². The van der Waals surface area contributed by atoms with Crippen LogP contribution in [0.2, 0.25) is 0 Å². The molecule has 3 aliphatic heterocycles. The average molecular weight is 712 g/mol. The molecule has 3 fully saturated rings. The third-order valence-corrected chi connectivity index (χ3v) is 11.4. The van der Waals surface area contributed by atoms with E-state index in [0.717, 1.165) is 12.8 Å². The molecule has 2 aliphatic carbocycles. The minimum atomic E-state index is -4.03. The SMILES string of the molecule is COC(=O)N[C@H]1CCCCC/C=C\[C@H]2C[C@@]2(C(=O)[N-]S(=O)(=O)C2CC2)NC(=O)[C@@H]2C[C@@H](OC(=O)N3Cc4cccc(F)c4C3)CN2C1=O.[Na+]. The van der Waals surface area contributed by atoms with Gasteiger partial charge in [0.1, 0.15) is 24.0 Å². The van der Waals surface area contributed by atoms with Crippen LogP contribution in [0.1, 0.15) is 68.9 Å². The second-order valence-corrected chi connectivity index (χ2v) is 15.0. The number of sulfonamides is 1. The first kappa shape index (κ1) is 37.1.